The van der Waals surface area contributed by atoms with Crippen LogP contribution in [-0.4, -0.2) is 30.0 Å². The Balaban J connectivity index is 1.73. The SMILES string of the molecule is CCOc1c(N)nsc1NCCNC(=O)C1CC1. The minimum absolute atomic E-state index is 0.158. The fourth-order valence-corrected chi connectivity index (χ4v) is 2.23. The second-order valence-corrected chi connectivity index (χ2v) is 4.92. The molecule has 1 aromatic heterocycles. The summed E-state index contributed by atoms with van der Waals surface area (Å²) >= 11 is 1.27. The molecule has 1 aromatic rings. The third kappa shape index (κ3) is 3.25. The van der Waals surface area contributed by atoms with Gasteiger partial charge in [0.2, 0.25) is 5.91 Å². The van der Waals surface area contributed by atoms with Crippen LogP contribution in [0.1, 0.15) is 19.8 Å². The normalized spacial score (nSPS) is 14.3. The molecule has 0 atom stereocenters. The van der Waals surface area contributed by atoms with Crippen molar-refractivity contribution in [2.75, 3.05) is 30.7 Å². The van der Waals surface area contributed by atoms with Gasteiger partial charge in [0.25, 0.3) is 0 Å². The van der Waals surface area contributed by atoms with Crippen LogP contribution in [0, 0.1) is 5.92 Å². The van der Waals surface area contributed by atoms with Crippen molar-refractivity contribution < 1.29 is 9.53 Å². The van der Waals surface area contributed by atoms with E-state index in [0.29, 0.717) is 31.3 Å². The highest BCUT2D eigenvalue weighted by Crippen LogP contribution is 2.34. The van der Waals surface area contributed by atoms with Crippen LogP contribution < -0.4 is 21.1 Å². The Kier molecular flexibility index (Phi) is 4.24. The standard InChI is InChI=1S/C11H18N4O2S/c1-2-17-8-9(12)15-18-11(8)14-6-5-13-10(16)7-3-4-7/h7,14H,2-6H2,1H3,(H2,12,15)(H,13,16). The first-order chi connectivity index (χ1) is 8.72. The van der Waals surface area contributed by atoms with Gasteiger partial charge >= 0.3 is 0 Å². The predicted molar refractivity (Wildman–Crippen MR) is 71.9 cm³/mol. The van der Waals surface area contributed by atoms with E-state index in [4.69, 9.17) is 10.5 Å². The number of aromatic nitrogens is 1. The van der Waals surface area contributed by atoms with E-state index >= 15 is 0 Å². The van der Waals surface area contributed by atoms with E-state index in [1.165, 1.54) is 11.5 Å². The molecule has 1 heterocycles. The molecule has 0 saturated heterocycles. The highest BCUT2D eigenvalue weighted by molar-refractivity contribution is 7.11. The number of rotatable bonds is 7. The molecule has 0 radical (unpaired) electrons. The Morgan fingerprint density at radius 3 is 3.00 bits per heavy atom. The fraction of sp³-hybridized carbons (Fsp3) is 0.636. The van der Waals surface area contributed by atoms with Crippen LogP contribution in [0.15, 0.2) is 0 Å². The lowest BCUT2D eigenvalue weighted by Gasteiger charge is -2.08. The maximum absolute atomic E-state index is 11.4. The second-order valence-electron chi connectivity index (χ2n) is 4.15. The average Bonchev–Trinajstić information content (AvgIpc) is 3.14. The molecule has 100 valence electrons. The van der Waals surface area contributed by atoms with Gasteiger partial charge in [0, 0.05) is 19.0 Å². The molecule has 0 spiro atoms. The van der Waals surface area contributed by atoms with Gasteiger partial charge in [0.15, 0.2) is 16.6 Å². The Labute approximate surface area is 110 Å². The summed E-state index contributed by atoms with van der Waals surface area (Å²) in [5, 5.41) is 6.87. The molecular formula is C11H18N4O2S. The summed E-state index contributed by atoms with van der Waals surface area (Å²) in [6.45, 7) is 3.69. The second kappa shape index (κ2) is 5.90. The maximum Gasteiger partial charge on any atom is 0.223 e. The maximum atomic E-state index is 11.4. The molecular weight excluding hydrogens is 252 g/mol. The van der Waals surface area contributed by atoms with E-state index < -0.39 is 0 Å². The lowest BCUT2D eigenvalue weighted by atomic mass is 10.4. The summed E-state index contributed by atoms with van der Waals surface area (Å²) in [6.07, 6.45) is 2.05. The van der Waals surface area contributed by atoms with Crippen molar-refractivity contribution in [3.63, 3.8) is 0 Å². The van der Waals surface area contributed by atoms with Crippen LogP contribution in [0.2, 0.25) is 0 Å². The van der Waals surface area contributed by atoms with E-state index in [2.05, 4.69) is 15.0 Å². The van der Waals surface area contributed by atoms with E-state index in [0.717, 1.165) is 17.8 Å². The van der Waals surface area contributed by atoms with Crippen LogP contribution in [0.3, 0.4) is 0 Å². The summed E-state index contributed by atoms with van der Waals surface area (Å²) in [5.41, 5.74) is 5.69. The minimum atomic E-state index is 0.158. The van der Waals surface area contributed by atoms with E-state index in [9.17, 15) is 4.79 Å². The number of anilines is 2. The first kappa shape index (κ1) is 12.9. The first-order valence-corrected chi connectivity index (χ1v) is 6.89. The van der Waals surface area contributed by atoms with Gasteiger partial charge in [-0.25, -0.2) is 0 Å². The van der Waals surface area contributed by atoms with Crippen molar-refractivity contribution >= 4 is 28.3 Å². The molecule has 1 aliphatic rings. The summed E-state index contributed by atoms with van der Waals surface area (Å²) in [7, 11) is 0. The molecule has 1 fully saturated rings. The van der Waals surface area contributed by atoms with Gasteiger partial charge in [-0.15, -0.1) is 0 Å². The Morgan fingerprint density at radius 1 is 1.56 bits per heavy atom. The van der Waals surface area contributed by atoms with Crippen molar-refractivity contribution in [2.45, 2.75) is 19.8 Å². The largest absolute Gasteiger partial charge is 0.487 e. The minimum Gasteiger partial charge on any atom is -0.487 e. The quantitative estimate of drug-likeness (QED) is 0.645. The molecule has 1 amide bonds. The molecule has 18 heavy (non-hydrogen) atoms. The zero-order chi connectivity index (χ0) is 13.0. The van der Waals surface area contributed by atoms with Gasteiger partial charge in [-0.1, -0.05) is 0 Å². The summed E-state index contributed by atoms with van der Waals surface area (Å²) in [6, 6.07) is 0. The van der Waals surface area contributed by atoms with Gasteiger partial charge in [0.05, 0.1) is 6.61 Å². The monoisotopic (exact) mass is 270 g/mol. The summed E-state index contributed by atoms with van der Waals surface area (Å²) in [5.74, 6) is 1.43. The molecule has 4 N–H and O–H groups in total. The zero-order valence-electron chi connectivity index (χ0n) is 10.4. The van der Waals surface area contributed by atoms with Crippen LogP contribution >= 0.6 is 11.5 Å². The first-order valence-electron chi connectivity index (χ1n) is 6.12. The lowest BCUT2D eigenvalue weighted by Crippen LogP contribution is -2.29. The van der Waals surface area contributed by atoms with Crippen LogP contribution in [-0.2, 0) is 4.79 Å². The fourth-order valence-electron chi connectivity index (χ4n) is 1.54. The van der Waals surface area contributed by atoms with Crippen LogP contribution in [0.5, 0.6) is 5.75 Å². The topological polar surface area (TPSA) is 89.3 Å². The number of amides is 1. The van der Waals surface area contributed by atoms with Crippen LogP contribution in [0.25, 0.3) is 0 Å². The van der Waals surface area contributed by atoms with Crippen molar-refractivity contribution in [1.82, 2.24) is 9.69 Å². The van der Waals surface area contributed by atoms with E-state index in [1.807, 2.05) is 6.92 Å². The van der Waals surface area contributed by atoms with Crippen molar-refractivity contribution in [3.8, 4) is 5.75 Å². The van der Waals surface area contributed by atoms with E-state index in [-0.39, 0.29) is 11.8 Å². The highest BCUT2D eigenvalue weighted by Gasteiger charge is 2.28. The number of nitrogens with one attached hydrogen (secondary N) is 2. The number of hydrogen-bond acceptors (Lipinski definition) is 6. The highest BCUT2D eigenvalue weighted by atomic mass is 32.1. The van der Waals surface area contributed by atoms with Crippen molar-refractivity contribution in [1.29, 1.82) is 0 Å². The molecule has 1 saturated carbocycles. The smallest absolute Gasteiger partial charge is 0.223 e. The molecule has 0 bridgehead atoms. The molecule has 0 aliphatic heterocycles. The number of nitrogens with zero attached hydrogens (tertiary/aromatic N) is 1. The number of hydrogen-bond donors (Lipinski definition) is 3. The number of carbonyl (C=O) groups is 1. The van der Waals surface area contributed by atoms with E-state index in [1.54, 1.807) is 0 Å². The molecule has 0 unspecified atom stereocenters. The Bertz CT molecular complexity index is 417. The third-order valence-electron chi connectivity index (χ3n) is 2.62. The number of nitrogen functional groups attached to an aromatic ring is 1. The molecule has 6 nitrogen and oxygen atoms in total. The summed E-state index contributed by atoms with van der Waals surface area (Å²) < 4.78 is 9.44. The van der Waals surface area contributed by atoms with Gasteiger partial charge < -0.3 is 21.1 Å². The number of nitrogens with two attached hydrogens (primary N) is 1. The van der Waals surface area contributed by atoms with Gasteiger partial charge in [-0.3, -0.25) is 4.79 Å². The zero-order valence-corrected chi connectivity index (χ0v) is 11.2. The Hall–Kier alpha value is -1.50. The van der Waals surface area contributed by atoms with Crippen LogP contribution in [0.4, 0.5) is 10.8 Å². The van der Waals surface area contributed by atoms with Gasteiger partial charge in [0.1, 0.15) is 0 Å². The van der Waals surface area contributed by atoms with Crippen molar-refractivity contribution in [3.05, 3.63) is 0 Å². The number of ether oxygens (including phenoxy) is 1. The Morgan fingerprint density at radius 2 is 2.33 bits per heavy atom. The predicted octanol–water partition coefficient (Wildman–Crippen LogP) is 1.06. The van der Waals surface area contributed by atoms with Gasteiger partial charge in [-0.05, 0) is 31.3 Å². The average molecular weight is 270 g/mol. The summed E-state index contributed by atoms with van der Waals surface area (Å²) in [4.78, 5) is 11.4. The molecule has 7 heteroatoms. The third-order valence-corrected chi connectivity index (χ3v) is 3.42. The van der Waals surface area contributed by atoms with Crippen molar-refractivity contribution in [2.24, 2.45) is 5.92 Å². The lowest BCUT2D eigenvalue weighted by molar-refractivity contribution is -0.122. The molecule has 0 aromatic carbocycles. The molecule has 2 rings (SSSR count). The molecule has 1 aliphatic carbocycles. The number of carbonyl (C=O) groups excluding carboxylic acids is 1. The van der Waals surface area contributed by atoms with Gasteiger partial charge in [-0.2, -0.15) is 4.37 Å².